The summed E-state index contributed by atoms with van der Waals surface area (Å²) in [5.41, 5.74) is -0.768. The van der Waals surface area contributed by atoms with E-state index in [1.807, 2.05) is 0 Å². The van der Waals surface area contributed by atoms with Crippen LogP contribution in [0.1, 0.15) is 33.6 Å². The van der Waals surface area contributed by atoms with Crippen LogP contribution >= 0.6 is 0 Å². The van der Waals surface area contributed by atoms with E-state index in [0.717, 1.165) is 4.90 Å². The number of rotatable bonds is 2. The van der Waals surface area contributed by atoms with E-state index < -0.39 is 24.4 Å². The molecule has 0 aliphatic heterocycles. The van der Waals surface area contributed by atoms with Crippen molar-refractivity contribution in [3.8, 4) is 0 Å². The van der Waals surface area contributed by atoms with Gasteiger partial charge in [0, 0.05) is 6.04 Å². The van der Waals surface area contributed by atoms with E-state index in [-0.39, 0.29) is 6.04 Å². The first-order chi connectivity index (χ1) is 7.08. The second-order valence-corrected chi connectivity index (χ2v) is 4.95. The molecule has 3 nitrogen and oxygen atoms in total. The fraction of sp³-hybridized carbons (Fsp3) is 0.900. The summed E-state index contributed by atoms with van der Waals surface area (Å²) in [4.78, 5) is 12.3. The van der Waals surface area contributed by atoms with E-state index in [0.29, 0.717) is 12.8 Å². The maximum Gasteiger partial charge on any atom is 0.410 e. The van der Waals surface area contributed by atoms with Crippen LogP contribution in [0.25, 0.3) is 0 Å². The van der Waals surface area contributed by atoms with Crippen LogP contribution in [0, 0.1) is 0 Å². The van der Waals surface area contributed by atoms with Crippen LogP contribution in [0.3, 0.4) is 0 Å². The zero-order valence-corrected chi connectivity index (χ0v) is 9.60. The van der Waals surface area contributed by atoms with Gasteiger partial charge in [0.05, 0.1) is 0 Å². The lowest BCUT2D eigenvalue weighted by Crippen LogP contribution is -2.43. The van der Waals surface area contributed by atoms with Crippen molar-refractivity contribution in [1.82, 2.24) is 4.90 Å². The largest absolute Gasteiger partial charge is 0.444 e. The van der Waals surface area contributed by atoms with E-state index in [9.17, 15) is 18.0 Å². The Balaban J connectivity index is 2.60. The Morgan fingerprint density at radius 1 is 1.31 bits per heavy atom. The van der Waals surface area contributed by atoms with E-state index in [1.165, 1.54) is 0 Å². The minimum atomic E-state index is -4.38. The number of carbonyl (C=O) groups excluding carboxylic acids is 1. The molecule has 0 bridgehead atoms. The Kier molecular flexibility index (Phi) is 3.40. The third-order valence-corrected chi connectivity index (χ3v) is 1.97. The predicted molar refractivity (Wildman–Crippen MR) is 52.0 cm³/mol. The number of hydrogen-bond donors (Lipinski definition) is 0. The van der Waals surface area contributed by atoms with Gasteiger partial charge in [0.15, 0.2) is 0 Å². The first-order valence-electron chi connectivity index (χ1n) is 5.15. The molecule has 0 unspecified atom stereocenters. The molecule has 0 aromatic rings. The molecule has 1 amide bonds. The number of carbonyl (C=O) groups is 1. The van der Waals surface area contributed by atoms with Crippen LogP contribution in [0.2, 0.25) is 0 Å². The molecule has 1 fully saturated rings. The Bertz CT molecular complexity index is 266. The van der Waals surface area contributed by atoms with Gasteiger partial charge in [-0.3, -0.25) is 4.90 Å². The predicted octanol–water partition coefficient (Wildman–Crippen LogP) is 2.95. The topological polar surface area (TPSA) is 29.5 Å². The van der Waals surface area contributed by atoms with Crippen LogP contribution in [-0.4, -0.2) is 35.4 Å². The van der Waals surface area contributed by atoms with E-state index in [2.05, 4.69) is 0 Å². The zero-order chi connectivity index (χ0) is 12.6. The number of ether oxygens (including phenoxy) is 1. The molecule has 0 radical (unpaired) electrons. The second kappa shape index (κ2) is 4.14. The molecule has 1 rings (SSSR count). The van der Waals surface area contributed by atoms with Crippen molar-refractivity contribution in [2.45, 2.75) is 51.4 Å². The summed E-state index contributed by atoms with van der Waals surface area (Å²) in [6.45, 7) is 3.66. The van der Waals surface area contributed by atoms with Gasteiger partial charge in [-0.15, -0.1) is 0 Å². The molecule has 0 spiro atoms. The molecule has 1 saturated carbocycles. The molecular weight excluding hydrogens is 223 g/mol. The van der Waals surface area contributed by atoms with Crippen LogP contribution in [0.4, 0.5) is 18.0 Å². The highest BCUT2D eigenvalue weighted by atomic mass is 19.4. The smallest absolute Gasteiger partial charge is 0.410 e. The molecule has 1 aliphatic rings. The quantitative estimate of drug-likeness (QED) is 0.741. The highest BCUT2D eigenvalue weighted by Crippen LogP contribution is 2.31. The van der Waals surface area contributed by atoms with Crippen molar-refractivity contribution in [3.63, 3.8) is 0 Å². The minimum Gasteiger partial charge on any atom is -0.444 e. The fourth-order valence-electron chi connectivity index (χ4n) is 1.24. The molecule has 0 saturated heterocycles. The summed E-state index contributed by atoms with van der Waals surface area (Å²) in [7, 11) is 0. The molecule has 0 aromatic carbocycles. The fourth-order valence-corrected chi connectivity index (χ4v) is 1.24. The molecule has 0 aromatic heterocycles. The van der Waals surface area contributed by atoms with Crippen molar-refractivity contribution in [1.29, 1.82) is 0 Å². The normalized spacial score (nSPS) is 17.1. The van der Waals surface area contributed by atoms with E-state index >= 15 is 0 Å². The van der Waals surface area contributed by atoms with Crippen LogP contribution in [-0.2, 0) is 4.74 Å². The first kappa shape index (κ1) is 13.1. The number of halogens is 3. The Labute approximate surface area is 92.5 Å². The summed E-state index contributed by atoms with van der Waals surface area (Å²) in [6, 6.07) is -0.309. The Morgan fingerprint density at radius 2 is 1.81 bits per heavy atom. The van der Waals surface area contributed by atoms with Gasteiger partial charge in [-0.05, 0) is 33.6 Å². The maximum absolute atomic E-state index is 12.2. The van der Waals surface area contributed by atoms with Gasteiger partial charge in [0.25, 0.3) is 0 Å². The second-order valence-electron chi connectivity index (χ2n) is 4.95. The third-order valence-electron chi connectivity index (χ3n) is 1.97. The van der Waals surface area contributed by atoms with Crippen molar-refractivity contribution >= 4 is 6.09 Å². The number of nitrogens with zero attached hydrogens (tertiary/aromatic N) is 1. The van der Waals surface area contributed by atoms with Gasteiger partial charge in [-0.1, -0.05) is 0 Å². The molecule has 0 N–H and O–H groups in total. The van der Waals surface area contributed by atoms with Gasteiger partial charge in [0.1, 0.15) is 12.1 Å². The zero-order valence-electron chi connectivity index (χ0n) is 9.60. The number of hydrogen-bond acceptors (Lipinski definition) is 2. The summed E-state index contributed by atoms with van der Waals surface area (Å²) in [5, 5.41) is 0. The van der Waals surface area contributed by atoms with E-state index in [4.69, 9.17) is 4.74 Å². The molecule has 0 atom stereocenters. The number of amides is 1. The van der Waals surface area contributed by atoms with E-state index in [1.54, 1.807) is 20.8 Å². The summed E-state index contributed by atoms with van der Waals surface area (Å²) in [5.74, 6) is 0. The van der Waals surface area contributed by atoms with Gasteiger partial charge >= 0.3 is 12.3 Å². The maximum atomic E-state index is 12.2. The molecule has 94 valence electrons. The van der Waals surface area contributed by atoms with Crippen molar-refractivity contribution in [2.75, 3.05) is 6.54 Å². The molecule has 1 aliphatic carbocycles. The van der Waals surface area contributed by atoms with Gasteiger partial charge in [-0.25, -0.2) is 4.79 Å². The van der Waals surface area contributed by atoms with Crippen LogP contribution < -0.4 is 0 Å². The summed E-state index contributed by atoms with van der Waals surface area (Å²) in [6.07, 6.45) is -4.02. The van der Waals surface area contributed by atoms with Crippen molar-refractivity contribution < 1.29 is 22.7 Å². The standard InChI is InChI=1S/C10H16F3NO2/c1-9(2,3)16-8(15)14(7-4-5-7)6-10(11,12)13/h7H,4-6H2,1-3H3. The highest BCUT2D eigenvalue weighted by molar-refractivity contribution is 5.69. The summed E-state index contributed by atoms with van der Waals surface area (Å²) >= 11 is 0. The first-order valence-corrected chi connectivity index (χ1v) is 5.15. The molecule has 16 heavy (non-hydrogen) atoms. The SMILES string of the molecule is CC(C)(C)OC(=O)N(CC(F)(F)F)C1CC1. The van der Waals surface area contributed by atoms with Gasteiger partial charge in [0.2, 0.25) is 0 Å². The number of alkyl halides is 3. The van der Waals surface area contributed by atoms with Crippen molar-refractivity contribution in [2.24, 2.45) is 0 Å². The lowest BCUT2D eigenvalue weighted by molar-refractivity contribution is -0.145. The third kappa shape index (κ3) is 4.72. The summed E-state index contributed by atoms with van der Waals surface area (Å²) < 4.78 is 41.6. The molecule has 0 heterocycles. The Hall–Kier alpha value is -0.940. The van der Waals surface area contributed by atoms with Crippen LogP contribution in [0.15, 0.2) is 0 Å². The van der Waals surface area contributed by atoms with Crippen molar-refractivity contribution in [3.05, 3.63) is 0 Å². The molecular formula is C10H16F3NO2. The van der Waals surface area contributed by atoms with Gasteiger partial charge in [-0.2, -0.15) is 13.2 Å². The lowest BCUT2D eigenvalue weighted by atomic mass is 10.2. The van der Waals surface area contributed by atoms with Crippen LogP contribution in [0.5, 0.6) is 0 Å². The average Bonchev–Trinajstić information content (AvgIpc) is 2.76. The molecule has 6 heteroatoms. The minimum absolute atomic E-state index is 0.309. The average molecular weight is 239 g/mol. The Morgan fingerprint density at radius 3 is 2.12 bits per heavy atom. The highest BCUT2D eigenvalue weighted by Gasteiger charge is 2.42. The lowest BCUT2D eigenvalue weighted by Gasteiger charge is -2.27. The monoisotopic (exact) mass is 239 g/mol. The van der Waals surface area contributed by atoms with Gasteiger partial charge < -0.3 is 4.74 Å².